The quantitative estimate of drug-likeness (QED) is 0.850. The summed E-state index contributed by atoms with van der Waals surface area (Å²) in [7, 11) is -2.45. The van der Waals surface area contributed by atoms with E-state index in [9.17, 15) is 12.8 Å². The fourth-order valence-corrected chi connectivity index (χ4v) is 2.83. The predicted octanol–water partition coefficient (Wildman–Crippen LogP) is 2.53. The molecule has 21 heavy (non-hydrogen) atoms. The molecule has 0 aromatic heterocycles. The molecule has 7 heteroatoms. The van der Waals surface area contributed by atoms with Gasteiger partial charge in [-0.05, 0) is 31.2 Å². The van der Waals surface area contributed by atoms with Gasteiger partial charge in [-0.1, -0.05) is 6.07 Å². The second-order valence-electron chi connectivity index (χ2n) is 4.46. The first-order chi connectivity index (χ1) is 9.83. The lowest BCUT2D eigenvalue weighted by atomic mass is 10.2. The Bertz CT molecular complexity index is 753. The molecule has 0 aliphatic rings. The van der Waals surface area contributed by atoms with Gasteiger partial charge in [0.15, 0.2) is 0 Å². The van der Waals surface area contributed by atoms with E-state index in [1.54, 1.807) is 18.2 Å². The number of nitrogen functional groups attached to an aromatic ring is 1. The maximum atomic E-state index is 13.6. The Morgan fingerprint density at radius 1 is 1.24 bits per heavy atom. The van der Waals surface area contributed by atoms with E-state index < -0.39 is 15.8 Å². The maximum Gasteiger partial charge on any atom is 0.262 e. The van der Waals surface area contributed by atoms with Crippen molar-refractivity contribution in [1.82, 2.24) is 0 Å². The summed E-state index contributed by atoms with van der Waals surface area (Å²) in [5.74, 6) is -0.161. The zero-order valence-corrected chi connectivity index (χ0v) is 12.4. The first-order valence-electron chi connectivity index (χ1n) is 6.06. The number of ether oxygens (including phenoxy) is 1. The molecule has 5 nitrogen and oxygen atoms in total. The van der Waals surface area contributed by atoms with Crippen LogP contribution in [0.25, 0.3) is 0 Å². The summed E-state index contributed by atoms with van der Waals surface area (Å²) in [6.45, 7) is 1.48. The third-order valence-electron chi connectivity index (χ3n) is 2.99. The molecular formula is C14H15FN2O3S. The second kappa shape index (κ2) is 5.61. The molecule has 2 aromatic rings. The maximum absolute atomic E-state index is 13.6. The Hall–Kier alpha value is -2.28. The average molecular weight is 310 g/mol. The van der Waals surface area contributed by atoms with E-state index in [-0.39, 0.29) is 16.1 Å². The summed E-state index contributed by atoms with van der Waals surface area (Å²) in [6.07, 6.45) is 0. The molecule has 0 atom stereocenters. The van der Waals surface area contributed by atoms with Gasteiger partial charge < -0.3 is 10.5 Å². The van der Waals surface area contributed by atoms with Gasteiger partial charge in [0.2, 0.25) is 0 Å². The molecule has 0 amide bonds. The lowest BCUT2D eigenvalue weighted by Crippen LogP contribution is -2.14. The average Bonchev–Trinajstić information content (AvgIpc) is 2.44. The van der Waals surface area contributed by atoms with Gasteiger partial charge in [0.25, 0.3) is 10.0 Å². The van der Waals surface area contributed by atoms with E-state index in [0.29, 0.717) is 11.4 Å². The smallest absolute Gasteiger partial charge is 0.262 e. The standard InChI is InChI=1S/C14H15FN2O3S/c1-9-13(15)7-12(8-14(9)16)21(18,19)17-10-4-3-5-11(6-10)20-2/h3-8,17H,16H2,1-2H3. The number of hydrogen-bond donors (Lipinski definition) is 2. The number of halogens is 1. The van der Waals surface area contributed by atoms with Gasteiger partial charge in [-0.2, -0.15) is 0 Å². The largest absolute Gasteiger partial charge is 0.497 e. The van der Waals surface area contributed by atoms with Crippen molar-refractivity contribution in [2.45, 2.75) is 11.8 Å². The van der Waals surface area contributed by atoms with Crippen LogP contribution in [0.5, 0.6) is 5.75 Å². The summed E-state index contributed by atoms with van der Waals surface area (Å²) < 4.78 is 45.5. The fraction of sp³-hybridized carbons (Fsp3) is 0.143. The first kappa shape index (κ1) is 15.1. The lowest BCUT2D eigenvalue weighted by Gasteiger charge is -2.11. The number of nitrogens with one attached hydrogen (secondary N) is 1. The van der Waals surface area contributed by atoms with E-state index in [1.165, 1.54) is 26.2 Å². The Morgan fingerprint density at radius 2 is 1.95 bits per heavy atom. The van der Waals surface area contributed by atoms with Gasteiger partial charge in [0.05, 0.1) is 17.7 Å². The number of benzene rings is 2. The minimum Gasteiger partial charge on any atom is -0.497 e. The van der Waals surface area contributed by atoms with Crippen molar-refractivity contribution in [3.05, 3.63) is 47.8 Å². The van der Waals surface area contributed by atoms with Crippen LogP contribution in [0.2, 0.25) is 0 Å². The van der Waals surface area contributed by atoms with Crippen LogP contribution in [0, 0.1) is 12.7 Å². The molecule has 2 aromatic carbocycles. The van der Waals surface area contributed by atoms with Crippen molar-refractivity contribution in [2.75, 3.05) is 17.6 Å². The van der Waals surface area contributed by atoms with Crippen LogP contribution in [0.3, 0.4) is 0 Å². The molecular weight excluding hydrogens is 295 g/mol. The molecule has 0 saturated heterocycles. The third kappa shape index (κ3) is 3.25. The third-order valence-corrected chi connectivity index (χ3v) is 4.35. The molecule has 3 N–H and O–H groups in total. The Kier molecular flexibility index (Phi) is 4.04. The van der Waals surface area contributed by atoms with Crippen LogP contribution in [-0.2, 0) is 10.0 Å². The SMILES string of the molecule is COc1cccc(NS(=O)(=O)c2cc(N)c(C)c(F)c2)c1. The molecule has 0 saturated carbocycles. The van der Waals surface area contributed by atoms with Crippen molar-refractivity contribution in [1.29, 1.82) is 0 Å². The molecule has 0 spiro atoms. The highest BCUT2D eigenvalue weighted by atomic mass is 32.2. The van der Waals surface area contributed by atoms with E-state index in [2.05, 4.69) is 4.72 Å². The summed E-state index contributed by atoms with van der Waals surface area (Å²) in [5.41, 5.74) is 6.22. The van der Waals surface area contributed by atoms with Gasteiger partial charge >= 0.3 is 0 Å². The summed E-state index contributed by atoms with van der Waals surface area (Å²) in [6, 6.07) is 8.57. The highest BCUT2D eigenvalue weighted by molar-refractivity contribution is 7.92. The van der Waals surface area contributed by atoms with Crippen molar-refractivity contribution in [3.63, 3.8) is 0 Å². The number of nitrogens with two attached hydrogens (primary N) is 1. The highest BCUT2D eigenvalue weighted by Crippen LogP contribution is 2.24. The Morgan fingerprint density at radius 3 is 2.57 bits per heavy atom. The Labute approximate surface area is 122 Å². The Balaban J connectivity index is 2.38. The molecule has 112 valence electrons. The lowest BCUT2D eigenvalue weighted by molar-refractivity contribution is 0.415. The van der Waals surface area contributed by atoms with E-state index in [4.69, 9.17) is 10.5 Å². The van der Waals surface area contributed by atoms with Gasteiger partial charge in [0, 0.05) is 17.3 Å². The molecule has 0 aliphatic carbocycles. The van der Waals surface area contributed by atoms with Gasteiger partial charge in [-0.25, -0.2) is 12.8 Å². The first-order valence-corrected chi connectivity index (χ1v) is 7.54. The molecule has 0 unspecified atom stereocenters. The second-order valence-corrected chi connectivity index (χ2v) is 6.14. The fourth-order valence-electron chi connectivity index (χ4n) is 1.73. The molecule has 0 bridgehead atoms. The van der Waals surface area contributed by atoms with Crippen LogP contribution >= 0.6 is 0 Å². The number of methoxy groups -OCH3 is 1. The number of sulfonamides is 1. The van der Waals surface area contributed by atoms with Crippen LogP contribution < -0.4 is 15.2 Å². The summed E-state index contributed by atoms with van der Waals surface area (Å²) >= 11 is 0. The van der Waals surface area contributed by atoms with Gasteiger partial charge in [-0.3, -0.25) is 4.72 Å². The van der Waals surface area contributed by atoms with Crippen molar-refractivity contribution in [3.8, 4) is 5.75 Å². The van der Waals surface area contributed by atoms with Gasteiger partial charge in [-0.15, -0.1) is 0 Å². The zero-order valence-electron chi connectivity index (χ0n) is 11.6. The van der Waals surface area contributed by atoms with Crippen molar-refractivity contribution < 1.29 is 17.5 Å². The van der Waals surface area contributed by atoms with E-state index in [1.807, 2.05) is 0 Å². The highest BCUT2D eigenvalue weighted by Gasteiger charge is 2.17. The monoisotopic (exact) mass is 310 g/mol. The van der Waals surface area contributed by atoms with Crippen LogP contribution in [-0.4, -0.2) is 15.5 Å². The minimum absolute atomic E-state index is 0.0843. The molecule has 0 aliphatic heterocycles. The number of rotatable bonds is 4. The minimum atomic E-state index is -3.93. The van der Waals surface area contributed by atoms with Crippen LogP contribution in [0.1, 0.15) is 5.56 Å². The van der Waals surface area contributed by atoms with Gasteiger partial charge in [0.1, 0.15) is 11.6 Å². The van der Waals surface area contributed by atoms with Crippen molar-refractivity contribution >= 4 is 21.4 Å². The van der Waals surface area contributed by atoms with E-state index in [0.717, 1.165) is 6.07 Å². The zero-order chi connectivity index (χ0) is 15.6. The van der Waals surface area contributed by atoms with E-state index >= 15 is 0 Å². The summed E-state index contributed by atoms with van der Waals surface area (Å²) in [5, 5.41) is 0. The molecule has 0 radical (unpaired) electrons. The topological polar surface area (TPSA) is 81.4 Å². The molecule has 0 heterocycles. The molecule has 0 fully saturated rings. The molecule has 2 rings (SSSR count). The van der Waals surface area contributed by atoms with Crippen LogP contribution in [0.4, 0.5) is 15.8 Å². The number of anilines is 2. The summed E-state index contributed by atoms with van der Waals surface area (Å²) in [4.78, 5) is -0.231. The normalized spacial score (nSPS) is 11.2. The predicted molar refractivity (Wildman–Crippen MR) is 79.4 cm³/mol. The number of hydrogen-bond acceptors (Lipinski definition) is 4. The van der Waals surface area contributed by atoms with Crippen molar-refractivity contribution in [2.24, 2.45) is 0 Å². The van der Waals surface area contributed by atoms with Crippen LogP contribution in [0.15, 0.2) is 41.3 Å².